The van der Waals surface area contributed by atoms with Crippen LogP contribution >= 0.6 is 11.3 Å². The smallest absolute Gasteiger partial charge is 0.350 e. The molecule has 0 unspecified atom stereocenters. The standard InChI is InChI=1S/C13H16N4O3S/c1-7-11(14)8(2)17(16-7)6-10(18)15-9-4-5-21-12(9)13(19)20-3/h4-5H,6,14H2,1-3H3,(H,15,18). The summed E-state index contributed by atoms with van der Waals surface area (Å²) >= 11 is 1.21. The number of aromatic nitrogens is 2. The predicted octanol–water partition coefficient (Wildman–Crippen LogP) is 1.57. The van der Waals surface area contributed by atoms with Gasteiger partial charge in [0, 0.05) is 0 Å². The first-order valence-corrected chi connectivity index (χ1v) is 7.07. The number of rotatable bonds is 4. The minimum atomic E-state index is -0.476. The molecule has 112 valence electrons. The molecule has 21 heavy (non-hydrogen) atoms. The second-order valence-electron chi connectivity index (χ2n) is 4.45. The molecule has 2 rings (SSSR count). The van der Waals surface area contributed by atoms with Crippen LogP contribution in [0.2, 0.25) is 0 Å². The first kappa shape index (κ1) is 15.0. The van der Waals surface area contributed by atoms with Crippen LogP contribution in [-0.4, -0.2) is 28.8 Å². The molecule has 0 aromatic carbocycles. The van der Waals surface area contributed by atoms with E-state index in [-0.39, 0.29) is 12.5 Å². The van der Waals surface area contributed by atoms with Gasteiger partial charge >= 0.3 is 5.97 Å². The zero-order valence-corrected chi connectivity index (χ0v) is 12.8. The molecule has 0 bridgehead atoms. The third-order valence-corrected chi connectivity index (χ3v) is 3.94. The Bertz CT molecular complexity index is 690. The van der Waals surface area contributed by atoms with Gasteiger partial charge in [0.1, 0.15) is 11.4 Å². The van der Waals surface area contributed by atoms with Gasteiger partial charge in [-0.2, -0.15) is 5.10 Å². The summed E-state index contributed by atoms with van der Waals surface area (Å²) in [5, 5.41) is 8.59. The first-order chi connectivity index (χ1) is 9.93. The number of esters is 1. The first-order valence-electron chi connectivity index (χ1n) is 6.19. The third-order valence-electron chi connectivity index (χ3n) is 3.04. The monoisotopic (exact) mass is 308 g/mol. The molecule has 0 saturated carbocycles. The largest absolute Gasteiger partial charge is 0.465 e. The van der Waals surface area contributed by atoms with Gasteiger partial charge in [0.25, 0.3) is 0 Å². The second-order valence-corrected chi connectivity index (χ2v) is 5.36. The summed E-state index contributed by atoms with van der Waals surface area (Å²) in [7, 11) is 1.30. The summed E-state index contributed by atoms with van der Waals surface area (Å²) in [6.07, 6.45) is 0. The number of carbonyl (C=O) groups excluding carboxylic acids is 2. The van der Waals surface area contributed by atoms with Crippen molar-refractivity contribution in [2.45, 2.75) is 20.4 Å². The number of ether oxygens (including phenoxy) is 1. The highest BCUT2D eigenvalue weighted by Gasteiger charge is 2.17. The molecule has 0 atom stereocenters. The molecule has 7 nitrogen and oxygen atoms in total. The van der Waals surface area contributed by atoms with Gasteiger partial charge in [-0.3, -0.25) is 9.48 Å². The van der Waals surface area contributed by atoms with Gasteiger partial charge < -0.3 is 15.8 Å². The number of methoxy groups -OCH3 is 1. The van der Waals surface area contributed by atoms with E-state index in [2.05, 4.69) is 15.2 Å². The molecule has 0 spiro atoms. The van der Waals surface area contributed by atoms with Crippen molar-refractivity contribution in [2.24, 2.45) is 0 Å². The quantitative estimate of drug-likeness (QED) is 0.835. The SMILES string of the molecule is COC(=O)c1sccc1NC(=O)Cn1nc(C)c(N)c1C. The molecule has 0 radical (unpaired) electrons. The second kappa shape index (κ2) is 5.96. The van der Waals surface area contributed by atoms with Crippen LogP contribution in [0.25, 0.3) is 0 Å². The Balaban J connectivity index is 2.10. The average molecular weight is 308 g/mol. The number of hydrogen-bond acceptors (Lipinski definition) is 6. The number of amides is 1. The van der Waals surface area contributed by atoms with Crippen LogP contribution in [0, 0.1) is 13.8 Å². The number of carbonyl (C=O) groups is 2. The molecule has 2 aromatic rings. The fraction of sp³-hybridized carbons (Fsp3) is 0.308. The summed E-state index contributed by atoms with van der Waals surface area (Å²) in [5.41, 5.74) is 8.26. The highest BCUT2D eigenvalue weighted by molar-refractivity contribution is 7.12. The van der Waals surface area contributed by atoms with Crippen molar-refractivity contribution < 1.29 is 14.3 Å². The van der Waals surface area contributed by atoms with Crippen LogP contribution in [-0.2, 0) is 16.1 Å². The van der Waals surface area contributed by atoms with Crippen molar-refractivity contribution >= 4 is 34.6 Å². The summed E-state index contributed by atoms with van der Waals surface area (Å²) in [6, 6.07) is 1.66. The van der Waals surface area contributed by atoms with E-state index in [4.69, 9.17) is 5.73 Å². The summed E-state index contributed by atoms with van der Waals surface area (Å²) in [5.74, 6) is -0.764. The number of aryl methyl sites for hydroxylation is 1. The molecule has 8 heteroatoms. The van der Waals surface area contributed by atoms with Crippen LogP contribution in [0.15, 0.2) is 11.4 Å². The Kier molecular flexibility index (Phi) is 4.27. The zero-order chi connectivity index (χ0) is 15.6. The highest BCUT2D eigenvalue weighted by atomic mass is 32.1. The van der Waals surface area contributed by atoms with Gasteiger partial charge in [-0.05, 0) is 25.3 Å². The van der Waals surface area contributed by atoms with Crippen molar-refractivity contribution in [3.63, 3.8) is 0 Å². The molecule has 0 aliphatic carbocycles. The van der Waals surface area contributed by atoms with E-state index < -0.39 is 5.97 Å². The number of hydrogen-bond donors (Lipinski definition) is 2. The van der Waals surface area contributed by atoms with E-state index >= 15 is 0 Å². The fourth-order valence-corrected chi connectivity index (χ4v) is 2.61. The molecular formula is C13H16N4O3S. The number of nitrogens with zero attached hydrogens (tertiary/aromatic N) is 2. The molecule has 0 aliphatic rings. The van der Waals surface area contributed by atoms with E-state index in [1.54, 1.807) is 25.3 Å². The number of nitrogens with one attached hydrogen (secondary N) is 1. The highest BCUT2D eigenvalue weighted by Crippen LogP contribution is 2.23. The van der Waals surface area contributed by atoms with Crippen LogP contribution in [0.4, 0.5) is 11.4 Å². The van der Waals surface area contributed by atoms with Crippen LogP contribution in [0.1, 0.15) is 21.1 Å². The van der Waals surface area contributed by atoms with Gasteiger partial charge in [0.2, 0.25) is 5.91 Å². The zero-order valence-electron chi connectivity index (χ0n) is 12.0. The normalized spacial score (nSPS) is 10.4. The van der Waals surface area contributed by atoms with Gasteiger partial charge in [-0.1, -0.05) is 0 Å². The van der Waals surface area contributed by atoms with Gasteiger partial charge in [-0.25, -0.2) is 4.79 Å². The van der Waals surface area contributed by atoms with E-state index in [1.807, 2.05) is 0 Å². The third kappa shape index (κ3) is 3.05. The topological polar surface area (TPSA) is 99.2 Å². The number of anilines is 2. The summed E-state index contributed by atoms with van der Waals surface area (Å²) in [6.45, 7) is 3.61. The number of thiophene rings is 1. The molecule has 0 aliphatic heterocycles. The van der Waals surface area contributed by atoms with E-state index in [9.17, 15) is 9.59 Å². The lowest BCUT2D eigenvalue weighted by Crippen LogP contribution is -2.21. The Morgan fingerprint density at radius 3 is 2.76 bits per heavy atom. The molecule has 3 N–H and O–H groups in total. The van der Waals surface area contributed by atoms with Crippen molar-refractivity contribution in [1.29, 1.82) is 0 Å². The van der Waals surface area contributed by atoms with Crippen LogP contribution < -0.4 is 11.1 Å². The Labute approximate surface area is 125 Å². The summed E-state index contributed by atoms with van der Waals surface area (Å²) in [4.78, 5) is 24.0. The maximum absolute atomic E-state index is 12.1. The average Bonchev–Trinajstić information content (AvgIpc) is 2.99. The number of nitrogen functional groups attached to an aromatic ring is 1. The van der Waals surface area contributed by atoms with Crippen molar-refractivity contribution in [1.82, 2.24) is 9.78 Å². The molecule has 0 saturated heterocycles. The maximum Gasteiger partial charge on any atom is 0.350 e. The van der Waals surface area contributed by atoms with Crippen LogP contribution in [0.3, 0.4) is 0 Å². The lowest BCUT2D eigenvalue weighted by atomic mass is 10.3. The lowest BCUT2D eigenvalue weighted by molar-refractivity contribution is -0.116. The predicted molar refractivity (Wildman–Crippen MR) is 80.4 cm³/mol. The molecule has 1 amide bonds. The van der Waals surface area contributed by atoms with Gasteiger partial charge in [-0.15, -0.1) is 11.3 Å². The Morgan fingerprint density at radius 2 is 2.19 bits per heavy atom. The van der Waals surface area contributed by atoms with Crippen LogP contribution in [0.5, 0.6) is 0 Å². The van der Waals surface area contributed by atoms with E-state index in [1.165, 1.54) is 23.1 Å². The summed E-state index contributed by atoms with van der Waals surface area (Å²) < 4.78 is 6.19. The Morgan fingerprint density at radius 1 is 1.48 bits per heavy atom. The minimum Gasteiger partial charge on any atom is -0.465 e. The van der Waals surface area contributed by atoms with Crippen molar-refractivity contribution in [3.05, 3.63) is 27.7 Å². The van der Waals surface area contributed by atoms with Gasteiger partial charge in [0.05, 0.1) is 29.9 Å². The van der Waals surface area contributed by atoms with E-state index in [0.29, 0.717) is 21.9 Å². The van der Waals surface area contributed by atoms with Crippen molar-refractivity contribution in [3.8, 4) is 0 Å². The molecule has 0 fully saturated rings. The molecular weight excluding hydrogens is 292 g/mol. The van der Waals surface area contributed by atoms with Crippen molar-refractivity contribution in [2.75, 3.05) is 18.2 Å². The molecule has 2 aromatic heterocycles. The minimum absolute atomic E-state index is 0.0281. The maximum atomic E-state index is 12.1. The fourth-order valence-electron chi connectivity index (χ4n) is 1.85. The van der Waals surface area contributed by atoms with Gasteiger partial charge in [0.15, 0.2) is 0 Å². The van der Waals surface area contributed by atoms with E-state index in [0.717, 1.165) is 5.69 Å². The number of nitrogens with two attached hydrogens (primary N) is 1. The molecule has 2 heterocycles. The Hall–Kier alpha value is -2.35. The lowest BCUT2D eigenvalue weighted by Gasteiger charge is -2.07.